The summed E-state index contributed by atoms with van der Waals surface area (Å²) >= 11 is 5.91. The zero-order valence-electron chi connectivity index (χ0n) is 10.3. The third-order valence-corrected chi connectivity index (χ3v) is 3.48. The van der Waals surface area contributed by atoms with Crippen LogP contribution < -0.4 is 11.5 Å². The van der Waals surface area contributed by atoms with Crippen LogP contribution in [0.15, 0.2) is 12.3 Å². The highest BCUT2D eigenvalue weighted by molar-refractivity contribution is 6.32. The second kappa shape index (κ2) is 5.44. The summed E-state index contributed by atoms with van der Waals surface area (Å²) < 4.78 is 0. The maximum atomic E-state index is 12.4. The second-order valence-electron chi connectivity index (χ2n) is 4.52. The molecular formula is C12H15ClN4O2. The van der Waals surface area contributed by atoms with Gasteiger partial charge in [0.25, 0.3) is 5.91 Å². The van der Waals surface area contributed by atoms with Gasteiger partial charge in [0.05, 0.1) is 17.4 Å². The van der Waals surface area contributed by atoms with E-state index in [2.05, 4.69) is 4.98 Å². The Labute approximate surface area is 115 Å². The molecule has 7 heteroatoms. The molecule has 19 heavy (non-hydrogen) atoms. The van der Waals surface area contributed by atoms with Crippen LogP contribution in [0.4, 0.5) is 5.69 Å². The maximum Gasteiger partial charge on any atom is 0.257 e. The van der Waals surface area contributed by atoms with E-state index in [1.54, 1.807) is 0 Å². The van der Waals surface area contributed by atoms with E-state index in [0.717, 1.165) is 12.8 Å². The highest BCUT2D eigenvalue weighted by atomic mass is 35.5. The zero-order valence-corrected chi connectivity index (χ0v) is 11.1. The predicted molar refractivity (Wildman–Crippen MR) is 71.5 cm³/mol. The lowest BCUT2D eigenvalue weighted by Gasteiger charge is -2.33. The van der Waals surface area contributed by atoms with Gasteiger partial charge in [0.15, 0.2) is 0 Å². The molecule has 2 rings (SSSR count). The summed E-state index contributed by atoms with van der Waals surface area (Å²) in [5.74, 6) is -0.852. The minimum Gasteiger partial charge on any atom is -0.397 e. The SMILES string of the molecule is NC(=O)C1CCCCN1C(=O)c1cc(N)cnc1Cl. The van der Waals surface area contributed by atoms with Crippen molar-refractivity contribution in [3.63, 3.8) is 0 Å². The number of nitrogens with two attached hydrogens (primary N) is 2. The van der Waals surface area contributed by atoms with Gasteiger partial charge in [-0.25, -0.2) is 4.98 Å². The van der Waals surface area contributed by atoms with Crippen molar-refractivity contribution < 1.29 is 9.59 Å². The van der Waals surface area contributed by atoms with Gasteiger partial charge in [0.2, 0.25) is 5.91 Å². The highest BCUT2D eigenvalue weighted by Gasteiger charge is 2.32. The molecule has 0 spiro atoms. The Bertz CT molecular complexity index is 520. The summed E-state index contributed by atoms with van der Waals surface area (Å²) in [6.07, 6.45) is 3.67. The first kappa shape index (κ1) is 13.6. The first-order valence-electron chi connectivity index (χ1n) is 6.02. The molecule has 1 fully saturated rings. The molecule has 1 unspecified atom stereocenters. The third kappa shape index (κ3) is 2.78. The molecule has 0 aromatic carbocycles. The summed E-state index contributed by atoms with van der Waals surface area (Å²) in [5, 5.41) is 0.0768. The molecule has 0 aliphatic carbocycles. The van der Waals surface area contributed by atoms with Crippen LogP contribution in [0, 0.1) is 0 Å². The average Bonchev–Trinajstić information content (AvgIpc) is 2.40. The van der Waals surface area contributed by atoms with Crippen LogP contribution in [0.1, 0.15) is 29.6 Å². The number of hydrogen-bond donors (Lipinski definition) is 2. The quantitative estimate of drug-likeness (QED) is 0.783. The number of rotatable bonds is 2. The van der Waals surface area contributed by atoms with E-state index in [4.69, 9.17) is 23.1 Å². The number of amides is 2. The number of halogens is 1. The van der Waals surface area contributed by atoms with Crippen LogP contribution in [0.3, 0.4) is 0 Å². The van der Waals surface area contributed by atoms with Crippen molar-refractivity contribution in [3.05, 3.63) is 23.0 Å². The molecule has 1 atom stereocenters. The summed E-state index contributed by atoms with van der Waals surface area (Å²) in [4.78, 5) is 29.1. The molecule has 1 aromatic heterocycles. The number of hydrogen-bond acceptors (Lipinski definition) is 4. The lowest BCUT2D eigenvalue weighted by Crippen LogP contribution is -2.50. The van der Waals surface area contributed by atoms with Gasteiger partial charge < -0.3 is 16.4 Å². The number of nitrogen functional groups attached to an aromatic ring is 1. The Morgan fingerprint density at radius 1 is 1.42 bits per heavy atom. The van der Waals surface area contributed by atoms with E-state index in [-0.39, 0.29) is 16.6 Å². The van der Waals surface area contributed by atoms with Crippen molar-refractivity contribution >= 4 is 29.1 Å². The fraction of sp³-hybridized carbons (Fsp3) is 0.417. The molecule has 102 valence electrons. The van der Waals surface area contributed by atoms with Crippen LogP contribution in [0.25, 0.3) is 0 Å². The van der Waals surface area contributed by atoms with Crippen molar-refractivity contribution in [1.82, 2.24) is 9.88 Å². The number of primary amides is 1. The van der Waals surface area contributed by atoms with E-state index in [0.29, 0.717) is 18.7 Å². The van der Waals surface area contributed by atoms with Crippen LogP contribution in [-0.4, -0.2) is 34.3 Å². The fourth-order valence-electron chi connectivity index (χ4n) is 2.24. The number of pyridine rings is 1. The van der Waals surface area contributed by atoms with Gasteiger partial charge in [-0.1, -0.05) is 11.6 Å². The van der Waals surface area contributed by atoms with Gasteiger partial charge in [-0.05, 0) is 25.3 Å². The lowest BCUT2D eigenvalue weighted by molar-refractivity contribution is -0.123. The molecular weight excluding hydrogens is 268 g/mol. The summed E-state index contributed by atoms with van der Waals surface area (Å²) in [7, 11) is 0. The number of nitrogens with zero attached hydrogens (tertiary/aromatic N) is 2. The molecule has 1 saturated heterocycles. The lowest BCUT2D eigenvalue weighted by atomic mass is 10.0. The Morgan fingerprint density at radius 2 is 2.16 bits per heavy atom. The number of aromatic nitrogens is 1. The summed E-state index contributed by atoms with van der Waals surface area (Å²) in [5.41, 5.74) is 11.5. The van der Waals surface area contributed by atoms with E-state index < -0.39 is 11.9 Å². The van der Waals surface area contributed by atoms with Crippen LogP contribution in [0.2, 0.25) is 5.15 Å². The van der Waals surface area contributed by atoms with E-state index in [1.807, 2.05) is 0 Å². The third-order valence-electron chi connectivity index (χ3n) is 3.18. The van der Waals surface area contributed by atoms with E-state index in [1.165, 1.54) is 17.2 Å². The molecule has 4 N–H and O–H groups in total. The predicted octanol–water partition coefficient (Wildman–Crippen LogP) is 0.797. The average molecular weight is 283 g/mol. The van der Waals surface area contributed by atoms with Crippen LogP contribution >= 0.6 is 11.6 Å². The van der Waals surface area contributed by atoms with Crippen molar-refractivity contribution in [2.24, 2.45) is 5.73 Å². The Balaban J connectivity index is 2.31. The first-order valence-corrected chi connectivity index (χ1v) is 6.40. The van der Waals surface area contributed by atoms with Gasteiger partial charge in [-0.15, -0.1) is 0 Å². The van der Waals surface area contributed by atoms with Gasteiger partial charge >= 0.3 is 0 Å². The molecule has 1 aliphatic heterocycles. The first-order chi connectivity index (χ1) is 9.00. The van der Waals surface area contributed by atoms with Crippen LogP contribution in [0.5, 0.6) is 0 Å². The molecule has 0 saturated carbocycles. The Hall–Kier alpha value is -1.82. The van der Waals surface area contributed by atoms with Gasteiger partial charge in [-0.3, -0.25) is 9.59 Å². The minimum atomic E-state index is -0.584. The number of piperidine rings is 1. The topological polar surface area (TPSA) is 102 Å². The van der Waals surface area contributed by atoms with E-state index in [9.17, 15) is 9.59 Å². The summed E-state index contributed by atoms with van der Waals surface area (Å²) in [6, 6.07) is 0.878. The monoisotopic (exact) mass is 282 g/mol. The zero-order chi connectivity index (χ0) is 14.0. The number of anilines is 1. The van der Waals surface area contributed by atoms with Gasteiger partial charge in [0.1, 0.15) is 11.2 Å². The number of carbonyl (C=O) groups excluding carboxylic acids is 2. The summed E-state index contributed by atoms with van der Waals surface area (Å²) in [6.45, 7) is 0.484. The minimum absolute atomic E-state index is 0.0768. The molecule has 2 heterocycles. The van der Waals surface area contributed by atoms with Gasteiger partial charge in [0, 0.05) is 6.54 Å². The van der Waals surface area contributed by atoms with Crippen molar-refractivity contribution in [1.29, 1.82) is 0 Å². The fourth-order valence-corrected chi connectivity index (χ4v) is 2.42. The Morgan fingerprint density at radius 3 is 2.84 bits per heavy atom. The second-order valence-corrected chi connectivity index (χ2v) is 4.88. The van der Waals surface area contributed by atoms with Crippen molar-refractivity contribution in [3.8, 4) is 0 Å². The van der Waals surface area contributed by atoms with Crippen molar-refractivity contribution in [2.75, 3.05) is 12.3 Å². The highest BCUT2D eigenvalue weighted by Crippen LogP contribution is 2.23. The Kier molecular flexibility index (Phi) is 3.90. The molecule has 0 radical (unpaired) electrons. The van der Waals surface area contributed by atoms with Crippen LogP contribution in [-0.2, 0) is 4.79 Å². The molecule has 0 bridgehead atoms. The standard InChI is InChI=1S/C12H15ClN4O2/c13-10-8(5-7(14)6-16-10)12(19)17-4-2-1-3-9(17)11(15)18/h5-6,9H,1-4,14H2,(H2,15,18). The number of likely N-dealkylation sites (tertiary alicyclic amines) is 1. The largest absolute Gasteiger partial charge is 0.397 e. The molecule has 2 amide bonds. The normalized spacial score (nSPS) is 19.2. The molecule has 1 aromatic rings. The molecule has 6 nitrogen and oxygen atoms in total. The van der Waals surface area contributed by atoms with E-state index >= 15 is 0 Å². The molecule has 1 aliphatic rings. The maximum absolute atomic E-state index is 12.4. The smallest absolute Gasteiger partial charge is 0.257 e. The van der Waals surface area contributed by atoms with Crippen molar-refractivity contribution in [2.45, 2.75) is 25.3 Å². The number of carbonyl (C=O) groups is 2. The van der Waals surface area contributed by atoms with Gasteiger partial charge in [-0.2, -0.15) is 0 Å².